The second kappa shape index (κ2) is 15.6. The van der Waals surface area contributed by atoms with Crippen LogP contribution < -0.4 is 26.2 Å². The monoisotopic (exact) mass is 908 g/mol. The Kier molecular flexibility index (Phi) is 10.2. The van der Waals surface area contributed by atoms with Crippen LogP contribution in [0.25, 0.3) is 42.4 Å². The van der Waals surface area contributed by atoms with Gasteiger partial charge >= 0.3 is 0 Å². The quantitative estimate of drug-likeness (QED) is 0.159. The molecule has 0 radical (unpaired) electrons. The lowest BCUT2D eigenvalue weighted by atomic mass is 9.33. The van der Waals surface area contributed by atoms with E-state index in [4.69, 9.17) is 0 Å². The molecule has 0 N–H and O–H groups in total. The minimum Gasteiger partial charge on any atom is -0.311 e. The van der Waals surface area contributed by atoms with E-state index >= 15 is 0 Å². The minimum atomic E-state index is -0.0394. The normalized spacial score (nSPS) is 13.7. The summed E-state index contributed by atoms with van der Waals surface area (Å²) in [4.78, 5) is 5.26. The molecule has 2 nitrogen and oxygen atoms in total. The van der Waals surface area contributed by atoms with Crippen LogP contribution in [-0.2, 0) is 16.2 Å². The molecule has 67 heavy (non-hydrogen) atoms. The Morgan fingerprint density at radius 1 is 0.433 bits per heavy atom. The molecule has 2 aliphatic heterocycles. The molecule has 0 saturated carbocycles. The van der Waals surface area contributed by atoms with Gasteiger partial charge < -0.3 is 9.80 Å². The van der Waals surface area contributed by atoms with Crippen LogP contribution in [0.4, 0.5) is 34.1 Å². The summed E-state index contributed by atoms with van der Waals surface area (Å²) < 4.78 is 2.63. The summed E-state index contributed by atoms with van der Waals surface area (Å²) in [5, 5.41) is 7.00. The molecule has 334 valence electrons. The number of fused-ring (bicyclic) bond motifs is 6. The summed E-state index contributed by atoms with van der Waals surface area (Å²) in [6, 6.07) is 52.9. The molecule has 0 atom stereocenters. The standard InChI is InChI=1S/C62H61BN2S2/c1-37(2)39-13-19-53-49(33-39)63-50-36-46(62(10,11)12)18-22-54(50)65(52-21-17-45(61(7,8)9)35-48(52)41-15-24-58-43(32-41)26-28-67-58)56-30-38(3)29-55(59(56)63)64(53)51-20-16-44(60(4,5)6)34-47(51)40-14-23-57-42(31-40)25-27-66-57/h13-37H,1-12H3. The Labute approximate surface area is 407 Å². The topological polar surface area (TPSA) is 6.48 Å². The highest BCUT2D eigenvalue weighted by molar-refractivity contribution is 7.17. The fraction of sp³-hybridized carbons (Fsp3) is 0.258. The van der Waals surface area contributed by atoms with Crippen LogP contribution >= 0.6 is 22.7 Å². The van der Waals surface area contributed by atoms with Gasteiger partial charge in [-0.05, 0) is 191 Å². The van der Waals surface area contributed by atoms with Crippen molar-refractivity contribution in [3.8, 4) is 22.3 Å². The molecule has 7 aromatic carbocycles. The molecule has 0 bridgehead atoms. The van der Waals surface area contributed by atoms with Crippen LogP contribution in [0, 0.1) is 6.92 Å². The van der Waals surface area contributed by atoms with E-state index < -0.39 is 0 Å². The van der Waals surface area contributed by atoms with Crippen LogP contribution in [0.2, 0.25) is 0 Å². The number of nitrogens with zero attached hydrogens (tertiary/aromatic N) is 2. The third-order valence-electron chi connectivity index (χ3n) is 14.5. The van der Waals surface area contributed by atoms with E-state index in [1.54, 1.807) is 0 Å². The molecular formula is C62H61BN2S2. The Morgan fingerprint density at radius 3 is 1.33 bits per heavy atom. The summed E-state index contributed by atoms with van der Waals surface area (Å²) >= 11 is 3.62. The number of benzene rings is 7. The van der Waals surface area contributed by atoms with Crippen LogP contribution in [0.1, 0.15) is 110 Å². The van der Waals surface area contributed by atoms with Gasteiger partial charge in [0.15, 0.2) is 0 Å². The van der Waals surface area contributed by atoms with Gasteiger partial charge in [-0.2, -0.15) is 0 Å². The Balaban J connectivity index is 1.25. The largest absolute Gasteiger partial charge is 0.311 e. The summed E-state index contributed by atoms with van der Waals surface area (Å²) in [6.07, 6.45) is 0. The van der Waals surface area contributed by atoms with Gasteiger partial charge in [0.1, 0.15) is 0 Å². The lowest BCUT2D eigenvalue weighted by Crippen LogP contribution is -2.61. The van der Waals surface area contributed by atoms with Crippen LogP contribution in [0.5, 0.6) is 0 Å². The fourth-order valence-corrected chi connectivity index (χ4v) is 12.2. The first-order chi connectivity index (χ1) is 31.8. The predicted molar refractivity (Wildman–Crippen MR) is 297 cm³/mol. The van der Waals surface area contributed by atoms with E-state index in [-0.39, 0.29) is 23.0 Å². The van der Waals surface area contributed by atoms with Crippen molar-refractivity contribution in [2.45, 2.75) is 105 Å². The second-order valence-corrected chi connectivity index (χ2v) is 24.5. The van der Waals surface area contributed by atoms with Crippen molar-refractivity contribution in [3.63, 3.8) is 0 Å². The molecule has 0 unspecified atom stereocenters. The maximum atomic E-state index is 2.63. The van der Waals surface area contributed by atoms with E-state index in [0.717, 1.165) is 0 Å². The average Bonchev–Trinajstić information content (AvgIpc) is 3.97. The number of anilines is 6. The van der Waals surface area contributed by atoms with Gasteiger partial charge in [-0.25, -0.2) is 0 Å². The number of aryl methyl sites for hydroxylation is 1. The van der Waals surface area contributed by atoms with Gasteiger partial charge in [-0.1, -0.05) is 125 Å². The zero-order chi connectivity index (χ0) is 46.9. The predicted octanol–water partition coefficient (Wildman–Crippen LogP) is 16.9. The van der Waals surface area contributed by atoms with E-state index in [1.807, 2.05) is 22.7 Å². The highest BCUT2D eigenvalue weighted by Gasteiger charge is 2.45. The first-order valence-corrected chi connectivity index (χ1v) is 25.9. The molecule has 0 spiro atoms. The maximum absolute atomic E-state index is 2.63. The zero-order valence-corrected chi connectivity index (χ0v) is 42.9. The van der Waals surface area contributed by atoms with E-state index in [2.05, 4.69) is 237 Å². The molecule has 0 saturated heterocycles. The molecule has 11 rings (SSSR count). The first-order valence-electron chi connectivity index (χ1n) is 24.1. The molecular weight excluding hydrogens is 848 g/mol. The molecule has 0 aliphatic carbocycles. The molecule has 0 amide bonds. The van der Waals surface area contributed by atoms with Crippen molar-refractivity contribution in [2.75, 3.05) is 9.80 Å². The van der Waals surface area contributed by atoms with Gasteiger partial charge in [-0.15, -0.1) is 22.7 Å². The summed E-state index contributed by atoms with van der Waals surface area (Å²) in [7, 11) is 0. The van der Waals surface area contributed by atoms with Crippen LogP contribution in [-0.4, -0.2) is 6.71 Å². The van der Waals surface area contributed by atoms with Crippen molar-refractivity contribution < 1.29 is 0 Å². The van der Waals surface area contributed by atoms with E-state index in [9.17, 15) is 0 Å². The van der Waals surface area contributed by atoms with Crippen LogP contribution in [0.15, 0.2) is 144 Å². The molecule has 2 aliphatic rings. The highest BCUT2D eigenvalue weighted by Crippen LogP contribution is 2.50. The maximum Gasteiger partial charge on any atom is 0.252 e. The lowest BCUT2D eigenvalue weighted by molar-refractivity contribution is 0.590. The average molecular weight is 909 g/mol. The fourth-order valence-electron chi connectivity index (χ4n) is 10.6. The number of thiophene rings is 2. The molecule has 9 aromatic rings. The van der Waals surface area contributed by atoms with Gasteiger partial charge in [0.2, 0.25) is 0 Å². The van der Waals surface area contributed by atoms with Gasteiger partial charge in [0.25, 0.3) is 6.71 Å². The second-order valence-electron chi connectivity index (χ2n) is 22.6. The Bertz CT molecular complexity index is 3420. The van der Waals surface area contributed by atoms with E-state index in [1.165, 1.54) is 121 Å². The summed E-state index contributed by atoms with van der Waals surface area (Å²) in [6.45, 7) is 28.0. The molecule has 0 fully saturated rings. The number of hydrogen-bond donors (Lipinski definition) is 0. The lowest BCUT2D eigenvalue weighted by Gasteiger charge is -2.45. The Morgan fingerprint density at radius 2 is 0.866 bits per heavy atom. The SMILES string of the molecule is Cc1cc2c3c(c1)N(c1ccc(C(C)(C)C)cc1-c1ccc4sccc4c1)c1ccc(C(C)(C)C)cc1B3c1cc(C(C)C)ccc1N2c1ccc(C(C)(C)C)cc1-c1ccc2sccc2c1. The van der Waals surface area contributed by atoms with Crippen molar-refractivity contribution in [1.82, 2.24) is 0 Å². The van der Waals surface area contributed by atoms with Gasteiger partial charge in [0, 0.05) is 43.3 Å². The van der Waals surface area contributed by atoms with Crippen molar-refractivity contribution in [2.24, 2.45) is 0 Å². The number of hydrogen-bond acceptors (Lipinski definition) is 4. The van der Waals surface area contributed by atoms with E-state index in [0.29, 0.717) is 5.92 Å². The van der Waals surface area contributed by atoms with Crippen molar-refractivity contribution in [1.29, 1.82) is 0 Å². The third-order valence-corrected chi connectivity index (χ3v) is 16.3. The zero-order valence-electron chi connectivity index (χ0n) is 41.2. The van der Waals surface area contributed by atoms with Crippen LogP contribution in [0.3, 0.4) is 0 Å². The number of rotatable bonds is 5. The third kappa shape index (κ3) is 7.36. The highest BCUT2D eigenvalue weighted by atomic mass is 32.1. The Hall–Kier alpha value is -5.88. The van der Waals surface area contributed by atoms with Gasteiger partial charge in [0.05, 0.1) is 11.4 Å². The molecule has 4 heterocycles. The molecule has 2 aromatic heterocycles. The van der Waals surface area contributed by atoms with Gasteiger partial charge in [-0.3, -0.25) is 0 Å². The first kappa shape index (κ1) is 43.7. The summed E-state index contributed by atoms with van der Waals surface area (Å²) in [5.74, 6) is 0.376. The van der Waals surface area contributed by atoms with Crippen molar-refractivity contribution >= 4 is 100 Å². The minimum absolute atomic E-state index is 0.0167. The summed E-state index contributed by atoms with van der Waals surface area (Å²) in [5.41, 5.74) is 23.0. The molecule has 5 heteroatoms. The smallest absolute Gasteiger partial charge is 0.252 e. The van der Waals surface area contributed by atoms with Crippen molar-refractivity contribution in [3.05, 3.63) is 172 Å².